The van der Waals surface area contributed by atoms with Gasteiger partial charge in [0, 0.05) is 16.3 Å². The molecule has 0 atom stereocenters. The number of aliphatic hydroxyl groups is 1. The lowest BCUT2D eigenvalue weighted by atomic mass is 10.4. The first kappa shape index (κ1) is 15.2. The Morgan fingerprint density at radius 2 is 2.22 bits per heavy atom. The number of nitrogens with zero attached hydrogens (tertiary/aromatic N) is 1. The van der Waals surface area contributed by atoms with E-state index >= 15 is 0 Å². The minimum atomic E-state index is -3.56. The number of sulfonamides is 1. The van der Waals surface area contributed by atoms with Crippen LogP contribution in [-0.4, -0.2) is 30.9 Å². The fourth-order valence-corrected chi connectivity index (χ4v) is 4.54. The van der Waals surface area contributed by atoms with Gasteiger partial charge in [0.1, 0.15) is 0 Å². The molecular weight excluding hydrogens is 270 g/mol. The molecule has 1 rings (SSSR count). The molecule has 0 radical (unpaired) electrons. The molecule has 4 nitrogen and oxygen atoms in total. The summed E-state index contributed by atoms with van der Waals surface area (Å²) in [6.45, 7) is 3.95. The lowest BCUT2D eigenvalue weighted by Gasteiger charge is -2.18. The molecule has 0 unspecified atom stereocenters. The third-order valence-electron chi connectivity index (χ3n) is 2.44. The number of rotatable bonds is 6. The molecule has 0 bridgehead atoms. The summed E-state index contributed by atoms with van der Waals surface area (Å²) in [6.07, 6.45) is 5.92. The molecule has 100 valence electrons. The summed E-state index contributed by atoms with van der Waals surface area (Å²) in [5.41, 5.74) is 0. The average molecular weight is 287 g/mol. The van der Waals surface area contributed by atoms with Crippen LogP contribution in [0.2, 0.25) is 0 Å². The van der Waals surface area contributed by atoms with Crippen molar-refractivity contribution in [1.82, 2.24) is 4.31 Å². The maximum absolute atomic E-state index is 12.4. The average Bonchev–Trinajstić information content (AvgIpc) is 2.71. The van der Waals surface area contributed by atoms with E-state index in [4.69, 9.17) is 11.5 Å². The summed E-state index contributed by atoms with van der Waals surface area (Å²) in [7, 11) is -3.56. The van der Waals surface area contributed by atoms with E-state index in [-0.39, 0.29) is 18.0 Å². The number of aryl methyl sites for hydroxylation is 1. The van der Waals surface area contributed by atoms with Gasteiger partial charge in [0.05, 0.1) is 18.0 Å². The highest BCUT2D eigenvalue weighted by molar-refractivity contribution is 7.89. The Hall–Kier alpha value is -0.870. The van der Waals surface area contributed by atoms with E-state index in [0.29, 0.717) is 22.7 Å². The number of terminal acetylenes is 1. The molecule has 0 spiro atoms. The highest BCUT2D eigenvalue weighted by Gasteiger charge is 2.26. The van der Waals surface area contributed by atoms with Crippen molar-refractivity contribution >= 4 is 21.4 Å². The van der Waals surface area contributed by atoms with Gasteiger partial charge < -0.3 is 5.11 Å². The standard InChI is InChI=1S/C12H17NO3S2/c1-4-6-13(7-5-2)18(15,16)12-8-11(9-14)17-10(12)3/h1,8,14H,5-7,9H2,2-3H3. The van der Waals surface area contributed by atoms with Gasteiger partial charge in [0.25, 0.3) is 0 Å². The Kier molecular flexibility index (Phi) is 5.35. The molecule has 0 fully saturated rings. The van der Waals surface area contributed by atoms with Crippen molar-refractivity contribution in [2.24, 2.45) is 0 Å². The van der Waals surface area contributed by atoms with Gasteiger partial charge in [-0.2, -0.15) is 4.31 Å². The zero-order valence-corrected chi connectivity index (χ0v) is 12.1. The Bertz CT molecular complexity index is 540. The zero-order valence-electron chi connectivity index (χ0n) is 10.5. The minimum absolute atomic E-state index is 0.0694. The first-order chi connectivity index (χ1) is 8.47. The van der Waals surface area contributed by atoms with Crippen molar-refractivity contribution in [2.45, 2.75) is 31.8 Å². The number of hydrogen-bond acceptors (Lipinski definition) is 4. The third kappa shape index (κ3) is 3.12. The zero-order chi connectivity index (χ0) is 13.8. The molecule has 1 N–H and O–H groups in total. The van der Waals surface area contributed by atoms with Crippen LogP contribution in [0.1, 0.15) is 23.1 Å². The minimum Gasteiger partial charge on any atom is -0.391 e. The number of aliphatic hydroxyl groups excluding tert-OH is 1. The third-order valence-corrected chi connectivity index (χ3v) is 5.57. The SMILES string of the molecule is C#CCN(CCC)S(=O)(=O)c1cc(CO)sc1C. The Morgan fingerprint density at radius 3 is 2.67 bits per heavy atom. The Balaban J connectivity index is 3.17. The smallest absolute Gasteiger partial charge is 0.245 e. The predicted molar refractivity (Wildman–Crippen MR) is 72.9 cm³/mol. The van der Waals surface area contributed by atoms with Gasteiger partial charge >= 0.3 is 0 Å². The van der Waals surface area contributed by atoms with Crippen LogP contribution < -0.4 is 0 Å². The lowest BCUT2D eigenvalue weighted by Crippen LogP contribution is -2.32. The van der Waals surface area contributed by atoms with Gasteiger partial charge in [-0.3, -0.25) is 0 Å². The van der Waals surface area contributed by atoms with E-state index in [1.807, 2.05) is 6.92 Å². The summed E-state index contributed by atoms with van der Waals surface area (Å²) < 4.78 is 26.1. The van der Waals surface area contributed by atoms with Gasteiger partial charge in [-0.25, -0.2) is 8.42 Å². The predicted octanol–water partition coefficient (Wildman–Crippen LogP) is 1.58. The molecule has 0 amide bonds. The van der Waals surface area contributed by atoms with Crippen LogP contribution in [0.15, 0.2) is 11.0 Å². The molecule has 0 aliphatic heterocycles. The highest BCUT2D eigenvalue weighted by atomic mass is 32.2. The lowest BCUT2D eigenvalue weighted by molar-refractivity contribution is 0.285. The van der Waals surface area contributed by atoms with Gasteiger partial charge in [0.15, 0.2) is 0 Å². The van der Waals surface area contributed by atoms with Gasteiger partial charge in [0.2, 0.25) is 10.0 Å². The molecular formula is C12H17NO3S2. The summed E-state index contributed by atoms with van der Waals surface area (Å²) in [4.78, 5) is 1.57. The van der Waals surface area contributed by atoms with Crippen molar-refractivity contribution in [2.75, 3.05) is 13.1 Å². The molecule has 18 heavy (non-hydrogen) atoms. The van der Waals surface area contributed by atoms with Gasteiger partial charge in [-0.05, 0) is 19.4 Å². The fraction of sp³-hybridized carbons (Fsp3) is 0.500. The summed E-state index contributed by atoms with van der Waals surface area (Å²) in [5, 5.41) is 9.06. The maximum Gasteiger partial charge on any atom is 0.245 e. The van der Waals surface area contributed by atoms with Crippen molar-refractivity contribution in [3.8, 4) is 12.3 Å². The molecule has 6 heteroatoms. The summed E-state index contributed by atoms with van der Waals surface area (Å²) in [6, 6.07) is 1.52. The number of thiophene rings is 1. The van der Waals surface area contributed by atoms with Gasteiger partial charge in [-0.1, -0.05) is 12.8 Å². The van der Waals surface area contributed by atoms with Crippen molar-refractivity contribution in [1.29, 1.82) is 0 Å². The normalized spacial score (nSPS) is 11.7. The van der Waals surface area contributed by atoms with Crippen molar-refractivity contribution in [3.63, 3.8) is 0 Å². The van der Waals surface area contributed by atoms with Crippen LogP contribution in [0.5, 0.6) is 0 Å². The van der Waals surface area contributed by atoms with Crippen LogP contribution in [0.25, 0.3) is 0 Å². The van der Waals surface area contributed by atoms with Crippen LogP contribution in [-0.2, 0) is 16.6 Å². The van der Waals surface area contributed by atoms with Crippen molar-refractivity contribution < 1.29 is 13.5 Å². The fourth-order valence-electron chi connectivity index (χ4n) is 1.63. The van der Waals surface area contributed by atoms with E-state index in [2.05, 4.69) is 5.92 Å². The molecule has 0 aromatic carbocycles. The topological polar surface area (TPSA) is 57.6 Å². The second-order valence-corrected chi connectivity index (χ2v) is 7.08. The van der Waals surface area contributed by atoms with E-state index in [1.165, 1.54) is 21.7 Å². The summed E-state index contributed by atoms with van der Waals surface area (Å²) >= 11 is 1.29. The van der Waals surface area contributed by atoms with E-state index < -0.39 is 10.0 Å². The molecule has 0 saturated carbocycles. The molecule has 0 aliphatic carbocycles. The Morgan fingerprint density at radius 1 is 1.56 bits per heavy atom. The monoisotopic (exact) mass is 287 g/mol. The first-order valence-corrected chi connectivity index (χ1v) is 7.86. The van der Waals surface area contributed by atoms with Crippen LogP contribution in [0.4, 0.5) is 0 Å². The second-order valence-electron chi connectivity index (χ2n) is 3.83. The van der Waals surface area contributed by atoms with Crippen molar-refractivity contribution in [3.05, 3.63) is 15.8 Å². The van der Waals surface area contributed by atoms with Crippen LogP contribution in [0, 0.1) is 19.3 Å². The quantitative estimate of drug-likeness (QED) is 0.808. The van der Waals surface area contributed by atoms with Crippen LogP contribution >= 0.6 is 11.3 Å². The Labute approximate surface area is 112 Å². The van der Waals surface area contributed by atoms with E-state index in [0.717, 1.165) is 0 Å². The molecule has 1 heterocycles. The molecule has 0 aliphatic rings. The molecule has 0 saturated heterocycles. The van der Waals surface area contributed by atoms with Crippen LogP contribution in [0.3, 0.4) is 0 Å². The second kappa shape index (κ2) is 6.34. The van der Waals surface area contributed by atoms with E-state index in [9.17, 15) is 8.42 Å². The molecule has 1 aromatic heterocycles. The largest absolute Gasteiger partial charge is 0.391 e. The summed E-state index contributed by atoms with van der Waals surface area (Å²) in [5.74, 6) is 2.37. The highest BCUT2D eigenvalue weighted by Crippen LogP contribution is 2.28. The van der Waals surface area contributed by atoms with Gasteiger partial charge in [-0.15, -0.1) is 17.8 Å². The first-order valence-electron chi connectivity index (χ1n) is 5.61. The molecule has 1 aromatic rings. The number of hydrogen-bond donors (Lipinski definition) is 1. The maximum atomic E-state index is 12.4. The van der Waals surface area contributed by atoms with E-state index in [1.54, 1.807) is 6.92 Å².